The van der Waals surface area contributed by atoms with Crippen molar-refractivity contribution in [2.24, 2.45) is 0 Å². The smallest absolute Gasteiger partial charge is 0.811 e. The van der Waals surface area contributed by atoms with Crippen molar-refractivity contribution in [1.82, 2.24) is 0 Å². The molecule has 0 saturated carbocycles. The van der Waals surface area contributed by atoms with Gasteiger partial charge in [0.05, 0.1) is 0 Å². The molecule has 0 fully saturated rings. The first-order valence-electron chi connectivity index (χ1n) is 0.995. The van der Waals surface area contributed by atoms with Crippen molar-refractivity contribution < 1.29 is 30.8 Å². The molecule has 0 rings (SSSR count). The van der Waals surface area contributed by atoms with Gasteiger partial charge in [-0.25, -0.2) is 0 Å². The van der Waals surface area contributed by atoms with Crippen molar-refractivity contribution in [1.29, 1.82) is 0 Å². The zero-order chi connectivity index (χ0) is 4.50. The monoisotopic (exact) mass is 152 g/mol. The van der Waals surface area contributed by atoms with Crippen LogP contribution in [0.15, 0.2) is 0 Å². The van der Waals surface area contributed by atoms with E-state index in [0.29, 0.717) is 6.66 Å². The molecular weight excluding hydrogens is 150 g/mol. The quantitative estimate of drug-likeness (QED) is 0.315. The van der Waals surface area contributed by atoms with E-state index in [0.717, 1.165) is 0 Å². The Bertz CT molecular complexity index is 56.9. The standard InChI is InChI=1S/CH5O3P.Ni/c1-5(2,3)4;/h1H3,(H2,2,3,4);/q;+2/p-2. The Labute approximate surface area is 45.8 Å². The third kappa shape index (κ3) is 149. The van der Waals surface area contributed by atoms with E-state index in [-0.39, 0.29) is 16.5 Å². The van der Waals surface area contributed by atoms with E-state index in [4.69, 9.17) is 14.4 Å². The Kier molecular flexibility index (Phi) is 4.51. The van der Waals surface area contributed by atoms with Crippen LogP contribution in [0.4, 0.5) is 0 Å². The summed E-state index contributed by atoms with van der Waals surface area (Å²) in [5.74, 6) is 0. The van der Waals surface area contributed by atoms with Crippen LogP contribution >= 0.6 is 7.60 Å². The van der Waals surface area contributed by atoms with Gasteiger partial charge >= 0.3 is 16.5 Å². The SMILES string of the molecule is CP(=O)([O-])[O-].[Ni+2]. The van der Waals surface area contributed by atoms with E-state index < -0.39 is 7.60 Å². The molecule has 0 unspecified atom stereocenters. The van der Waals surface area contributed by atoms with E-state index in [9.17, 15) is 0 Å². The summed E-state index contributed by atoms with van der Waals surface area (Å²) < 4.78 is 9.10. The van der Waals surface area contributed by atoms with Gasteiger partial charge in [-0.2, -0.15) is 0 Å². The summed E-state index contributed by atoms with van der Waals surface area (Å²) in [6.07, 6.45) is 0. The largest absolute Gasteiger partial charge is 2.00 e. The molecule has 0 heterocycles. The molecule has 0 amide bonds. The predicted octanol–water partition coefficient (Wildman–Crippen LogP) is -1.47. The molecule has 0 aliphatic heterocycles. The van der Waals surface area contributed by atoms with E-state index in [1.807, 2.05) is 0 Å². The molecular formula is CH3NiO3P. The summed E-state index contributed by atoms with van der Waals surface area (Å²) in [5, 5.41) is 0. The molecule has 40 valence electrons. The van der Waals surface area contributed by atoms with Crippen molar-refractivity contribution in [3.63, 3.8) is 0 Å². The Morgan fingerprint density at radius 1 is 1.50 bits per heavy atom. The fourth-order valence-electron chi connectivity index (χ4n) is 0. The van der Waals surface area contributed by atoms with Crippen LogP contribution in [0.1, 0.15) is 0 Å². The van der Waals surface area contributed by atoms with Crippen LogP contribution < -0.4 is 9.79 Å². The van der Waals surface area contributed by atoms with Gasteiger partial charge in [0.15, 0.2) is 0 Å². The second kappa shape index (κ2) is 2.76. The molecule has 0 radical (unpaired) electrons. The summed E-state index contributed by atoms with van der Waals surface area (Å²) in [6, 6.07) is 0. The summed E-state index contributed by atoms with van der Waals surface area (Å²) in [7, 11) is -4.14. The Morgan fingerprint density at radius 3 is 1.50 bits per heavy atom. The molecule has 6 heavy (non-hydrogen) atoms. The molecule has 3 nitrogen and oxygen atoms in total. The maximum atomic E-state index is 9.10. The maximum Gasteiger partial charge on any atom is 2.00 e. The van der Waals surface area contributed by atoms with E-state index >= 15 is 0 Å². The van der Waals surface area contributed by atoms with Gasteiger partial charge in [0.1, 0.15) is 0 Å². The maximum absolute atomic E-state index is 9.10. The summed E-state index contributed by atoms with van der Waals surface area (Å²) >= 11 is 0. The molecule has 0 bridgehead atoms. The summed E-state index contributed by atoms with van der Waals surface area (Å²) in [5.41, 5.74) is 0. The van der Waals surface area contributed by atoms with E-state index in [1.165, 1.54) is 0 Å². The minimum atomic E-state index is -4.14. The van der Waals surface area contributed by atoms with E-state index in [1.54, 1.807) is 0 Å². The molecule has 0 saturated heterocycles. The van der Waals surface area contributed by atoms with Crippen molar-refractivity contribution in [3.05, 3.63) is 0 Å². The average Bonchev–Trinajstić information content (AvgIpc) is 0.722. The molecule has 0 aromatic rings. The van der Waals surface area contributed by atoms with Crippen LogP contribution in [0.2, 0.25) is 0 Å². The van der Waals surface area contributed by atoms with Crippen LogP contribution in [0, 0.1) is 0 Å². The molecule has 0 aromatic carbocycles. The fourth-order valence-corrected chi connectivity index (χ4v) is 0. The molecule has 0 N–H and O–H groups in total. The zero-order valence-corrected chi connectivity index (χ0v) is 4.87. The van der Waals surface area contributed by atoms with Gasteiger partial charge in [-0.05, 0) is 6.66 Å². The third-order valence-corrected chi connectivity index (χ3v) is 0. The van der Waals surface area contributed by atoms with Crippen molar-refractivity contribution >= 4 is 7.60 Å². The number of hydrogen-bond acceptors (Lipinski definition) is 3. The zero-order valence-electron chi connectivity index (χ0n) is 2.99. The van der Waals surface area contributed by atoms with Gasteiger partial charge < -0.3 is 14.4 Å². The van der Waals surface area contributed by atoms with Crippen LogP contribution in [-0.4, -0.2) is 6.66 Å². The molecule has 0 aliphatic carbocycles. The van der Waals surface area contributed by atoms with Crippen LogP contribution in [0.25, 0.3) is 0 Å². The van der Waals surface area contributed by atoms with Crippen LogP contribution in [0.3, 0.4) is 0 Å². The van der Waals surface area contributed by atoms with Gasteiger partial charge in [0.2, 0.25) is 0 Å². The minimum Gasteiger partial charge on any atom is -0.811 e. The second-order valence-electron chi connectivity index (χ2n) is 0.771. The third-order valence-electron chi connectivity index (χ3n) is 0. The topological polar surface area (TPSA) is 63.2 Å². The fraction of sp³-hybridized carbons (Fsp3) is 1.00. The molecule has 0 aromatic heterocycles. The van der Waals surface area contributed by atoms with Gasteiger partial charge in [-0.3, -0.25) is 0 Å². The second-order valence-corrected chi connectivity index (χ2v) is 2.31. The molecule has 0 spiro atoms. The van der Waals surface area contributed by atoms with Crippen molar-refractivity contribution in [2.75, 3.05) is 6.66 Å². The number of rotatable bonds is 0. The van der Waals surface area contributed by atoms with Gasteiger partial charge in [0, 0.05) is 0 Å². The van der Waals surface area contributed by atoms with Crippen LogP contribution in [-0.2, 0) is 21.1 Å². The van der Waals surface area contributed by atoms with Gasteiger partial charge in [-0.15, -0.1) is 0 Å². The molecule has 5 heteroatoms. The summed E-state index contributed by atoms with van der Waals surface area (Å²) in [6.45, 7) is 0.632. The predicted molar refractivity (Wildman–Crippen MR) is 13.5 cm³/mol. The van der Waals surface area contributed by atoms with Crippen molar-refractivity contribution in [3.8, 4) is 0 Å². The Balaban J connectivity index is 0. The molecule has 0 atom stereocenters. The van der Waals surface area contributed by atoms with Crippen molar-refractivity contribution in [2.45, 2.75) is 0 Å². The Morgan fingerprint density at radius 2 is 1.50 bits per heavy atom. The first-order chi connectivity index (χ1) is 2.00. The Hall–Kier alpha value is 0.644. The van der Waals surface area contributed by atoms with E-state index in [2.05, 4.69) is 0 Å². The number of hydrogen-bond donors (Lipinski definition) is 0. The first-order valence-corrected chi connectivity index (χ1v) is 2.98. The average molecular weight is 153 g/mol. The minimum absolute atomic E-state index is 0. The normalized spacial score (nSPS) is 9.83. The summed E-state index contributed by atoms with van der Waals surface area (Å²) in [4.78, 5) is 18.2. The van der Waals surface area contributed by atoms with Gasteiger partial charge in [-0.1, -0.05) is 7.60 Å². The van der Waals surface area contributed by atoms with Gasteiger partial charge in [0.25, 0.3) is 0 Å². The first kappa shape index (κ1) is 9.81. The molecule has 0 aliphatic rings. The van der Waals surface area contributed by atoms with Crippen LogP contribution in [0.5, 0.6) is 0 Å².